The van der Waals surface area contributed by atoms with Crippen LogP contribution in [-0.2, 0) is 6.18 Å². The summed E-state index contributed by atoms with van der Waals surface area (Å²) in [6.07, 6.45) is -4.06. The van der Waals surface area contributed by atoms with Gasteiger partial charge in [0, 0.05) is 18.0 Å². The minimum atomic E-state index is -4.55. The van der Waals surface area contributed by atoms with E-state index in [0.29, 0.717) is 4.67 Å². The predicted octanol–water partition coefficient (Wildman–Crippen LogP) is 3.54. The Morgan fingerprint density at radius 1 is 1.28 bits per heavy atom. The Bertz CT molecular complexity index is 553. The zero-order chi connectivity index (χ0) is 13.3. The first kappa shape index (κ1) is 13.1. The first-order chi connectivity index (χ1) is 8.39. The van der Waals surface area contributed by atoms with Crippen LogP contribution in [0.15, 0.2) is 39.7 Å². The van der Waals surface area contributed by atoms with Crippen LogP contribution in [0.1, 0.15) is 23.0 Å². The molecule has 0 aliphatic carbocycles. The number of aliphatic hydroxyl groups is 1. The highest BCUT2D eigenvalue weighted by molar-refractivity contribution is 9.10. The normalized spacial score (nSPS) is 13.6. The highest BCUT2D eigenvalue weighted by atomic mass is 79.9. The van der Waals surface area contributed by atoms with Crippen LogP contribution in [0.5, 0.6) is 0 Å². The van der Waals surface area contributed by atoms with Crippen LogP contribution in [0, 0.1) is 0 Å². The van der Waals surface area contributed by atoms with E-state index in [0.717, 1.165) is 18.5 Å². The van der Waals surface area contributed by atoms with Crippen LogP contribution in [0.2, 0.25) is 0 Å². The largest absolute Gasteiger partial charge is 0.451 e. The lowest BCUT2D eigenvalue weighted by Gasteiger charge is -2.15. The second-order valence-electron chi connectivity index (χ2n) is 3.51. The van der Waals surface area contributed by atoms with E-state index in [1.54, 1.807) is 0 Å². The molecule has 7 heteroatoms. The topological polar surface area (TPSA) is 46.3 Å². The molecule has 0 bridgehead atoms. The number of alkyl halides is 3. The molecule has 2 heterocycles. The summed E-state index contributed by atoms with van der Waals surface area (Å²) in [5.41, 5.74) is -1.27. The zero-order valence-corrected chi connectivity index (χ0v) is 10.4. The molecule has 0 saturated heterocycles. The number of hydrogen-bond acceptors (Lipinski definition) is 3. The summed E-state index contributed by atoms with van der Waals surface area (Å²) in [5.74, 6) is 0.0142. The van der Waals surface area contributed by atoms with Gasteiger partial charge in [-0.3, -0.25) is 4.98 Å². The summed E-state index contributed by atoms with van der Waals surface area (Å²) < 4.78 is 43.6. The molecule has 2 aromatic heterocycles. The molecule has 0 saturated carbocycles. The van der Waals surface area contributed by atoms with Crippen molar-refractivity contribution in [1.82, 2.24) is 4.98 Å². The monoisotopic (exact) mass is 321 g/mol. The van der Waals surface area contributed by atoms with Gasteiger partial charge in [0.05, 0.1) is 5.56 Å². The molecule has 18 heavy (non-hydrogen) atoms. The number of nitrogens with zero attached hydrogens (tertiary/aromatic N) is 1. The van der Waals surface area contributed by atoms with Gasteiger partial charge in [-0.2, -0.15) is 13.2 Å². The van der Waals surface area contributed by atoms with Gasteiger partial charge in [0.2, 0.25) is 0 Å². The van der Waals surface area contributed by atoms with E-state index in [-0.39, 0.29) is 11.3 Å². The first-order valence-electron chi connectivity index (χ1n) is 4.84. The fourth-order valence-electron chi connectivity index (χ4n) is 1.51. The Morgan fingerprint density at radius 3 is 2.56 bits per heavy atom. The van der Waals surface area contributed by atoms with E-state index in [9.17, 15) is 18.3 Å². The zero-order valence-electron chi connectivity index (χ0n) is 8.78. The van der Waals surface area contributed by atoms with Crippen molar-refractivity contribution in [1.29, 1.82) is 0 Å². The van der Waals surface area contributed by atoms with Crippen molar-refractivity contribution < 1.29 is 22.7 Å². The van der Waals surface area contributed by atoms with Crippen LogP contribution < -0.4 is 0 Å². The molecule has 1 unspecified atom stereocenters. The van der Waals surface area contributed by atoms with E-state index < -0.39 is 17.8 Å². The maximum absolute atomic E-state index is 12.8. The molecule has 0 spiro atoms. The summed E-state index contributed by atoms with van der Waals surface area (Å²) in [5, 5.41) is 9.89. The van der Waals surface area contributed by atoms with Crippen molar-refractivity contribution in [2.45, 2.75) is 12.3 Å². The average Bonchev–Trinajstić information content (AvgIpc) is 2.74. The molecule has 0 aliphatic heterocycles. The molecule has 0 radical (unpaired) electrons. The summed E-state index contributed by atoms with van der Waals surface area (Å²) in [6, 6.07) is 3.70. The van der Waals surface area contributed by atoms with Gasteiger partial charge in [0.1, 0.15) is 11.9 Å². The number of pyridine rings is 1. The molecule has 1 atom stereocenters. The van der Waals surface area contributed by atoms with Crippen LogP contribution in [0.25, 0.3) is 0 Å². The van der Waals surface area contributed by atoms with E-state index in [4.69, 9.17) is 4.42 Å². The Morgan fingerprint density at radius 2 is 2.00 bits per heavy atom. The van der Waals surface area contributed by atoms with Crippen molar-refractivity contribution in [2.75, 3.05) is 0 Å². The molecule has 0 aromatic carbocycles. The first-order valence-corrected chi connectivity index (χ1v) is 5.63. The van der Waals surface area contributed by atoms with Crippen LogP contribution in [0.3, 0.4) is 0 Å². The third-order valence-electron chi connectivity index (χ3n) is 2.32. The number of aliphatic hydroxyl groups excluding tert-OH is 1. The van der Waals surface area contributed by atoms with Gasteiger partial charge >= 0.3 is 6.18 Å². The van der Waals surface area contributed by atoms with E-state index in [2.05, 4.69) is 20.9 Å². The minimum absolute atomic E-state index is 0.0142. The standard InChI is InChI=1S/C11H7BrF3NO2/c12-9-2-1-8(18-9)10(17)6-5-16-4-3-7(6)11(13,14)15/h1-5,10,17H. The molecule has 3 nitrogen and oxygen atoms in total. The number of furan rings is 1. The number of hydrogen-bond donors (Lipinski definition) is 1. The fraction of sp³-hybridized carbons (Fsp3) is 0.182. The third kappa shape index (κ3) is 2.56. The SMILES string of the molecule is OC(c1ccc(Br)o1)c1cnccc1C(F)(F)F. The maximum Gasteiger partial charge on any atom is 0.416 e. The highest BCUT2D eigenvalue weighted by Crippen LogP contribution is 2.36. The van der Waals surface area contributed by atoms with Crippen molar-refractivity contribution in [3.8, 4) is 0 Å². The molecule has 2 rings (SSSR count). The van der Waals surface area contributed by atoms with Gasteiger partial charge in [-0.05, 0) is 34.1 Å². The number of rotatable bonds is 2. The van der Waals surface area contributed by atoms with Crippen molar-refractivity contribution >= 4 is 15.9 Å². The lowest BCUT2D eigenvalue weighted by molar-refractivity contribution is -0.139. The fourth-order valence-corrected chi connectivity index (χ4v) is 1.83. The van der Waals surface area contributed by atoms with E-state index >= 15 is 0 Å². The second kappa shape index (κ2) is 4.74. The Kier molecular flexibility index (Phi) is 3.45. The summed E-state index contributed by atoms with van der Waals surface area (Å²) in [4.78, 5) is 3.60. The summed E-state index contributed by atoms with van der Waals surface area (Å²) in [6.45, 7) is 0. The molecule has 0 aliphatic rings. The molecule has 96 valence electrons. The third-order valence-corrected chi connectivity index (χ3v) is 2.74. The highest BCUT2D eigenvalue weighted by Gasteiger charge is 2.35. The smallest absolute Gasteiger partial charge is 0.416 e. The van der Waals surface area contributed by atoms with Crippen molar-refractivity contribution in [3.63, 3.8) is 0 Å². The minimum Gasteiger partial charge on any atom is -0.451 e. The van der Waals surface area contributed by atoms with E-state index in [1.807, 2.05) is 0 Å². The molecule has 1 N–H and O–H groups in total. The van der Waals surface area contributed by atoms with Crippen LogP contribution in [0.4, 0.5) is 13.2 Å². The predicted molar refractivity (Wildman–Crippen MR) is 59.7 cm³/mol. The summed E-state index contributed by atoms with van der Waals surface area (Å²) >= 11 is 3.02. The molecule has 0 amide bonds. The van der Waals surface area contributed by atoms with Gasteiger partial charge in [0.15, 0.2) is 4.67 Å². The quantitative estimate of drug-likeness (QED) is 0.920. The molecule has 2 aromatic rings. The van der Waals surface area contributed by atoms with Gasteiger partial charge < -0.3 is 9.52 Å². The van der Waals surface area contributed by atoms with Gasteiger partial charge in [-0.25, -0.2) is 0 Å². The second-order valence-corrected chi connectivity index (χ2v) is 4.29. The van der Waals surface area contributed by atoms with Gasteiger partial charge in [-0.15, -0.1) is 0 Å². The molecule has 0 fully saturated rings. The Hall–Kier alpha value is -1.34. The average molecular weight is 322 g/mol. The molecular formula is C11H7BrF3NO2. The van der Waals surface area contributed by atoms with Crippen LogP contribution in [-0.4, -0.2) is 10.1 Å². The number of aromatic nitrogens is 1. The number of halogens is 4. The van der Waals surface area contributed by atoms with E-state index in [1.165, 1.54) is 12.1 Å². The van der Waals surface area contributed by atoms with Gasteiger partial charge in [-0.1, -0.05) is 0 Å². The van der Waals surface area contributed by atoms with Crippen LogP contribution >= 0.6 is 15.9 Å². The van der Waals surface area contributed by atoms with Gasteiger partial charge in [0.25, 0.3) is 0 Å². The Balaban J connectivity index is 2.45. The molecular weight excluding hydrogens is 315 g/mol. The maximum atomic E-state index is 12.8. The summed E-state index contributed by atoms with van der Waals surface area (Å²) in [7, 11) is 0. The van der Waals surface area contributed by atoms with Crippen molar-refractivity contribution in [3.05, 3.63) is 52.1 Å². The Labute approximate surface area is 108 Å². The van der Waals surface area contributed by atoms with Crippen molar-refractivity contribution in [2.24, 2.45) is 0 Å². The lowest BCUT2D eigenvalue weighted by Crippen LogP contribution is -2.12. The lowest BCUT2D eigenvalue weighted by atomic mass is 10.0.